The number of carbonyl (C=O) groups is 1. The van der Waals surface area contributed by atoms with E-state index in [1.54, 1.807) is 48.4 Å². The molecular formula is C22H22N8O3. The van der Waals surface area contributed by atoms with Gasteiger partial charge in [0.05, 0.1) is 30.7 Å². The maximum Gasteiger partial charge on any atom is 0.267 e. The van der Waals surface area contributed by atoms with Crippen LogP contribution >= 0.6 is 0 Å². The number of benzene rings is 1. The summed E-state index contributed by atoms with van der Waals surface area (Å²) in [6.45, 7) is 1.10. The number of hydrogen-bond acceptors (Lipinski definition) is 7. The highest BCUT2D eigenvalue weighted by molar-refractivity contribution is 6.04. The number of amides is 1. The molecule has 11 heteroatoms. The minimum atomic E-state index is -1.08. The van der Waals surface area contributed by atoms with Crippen LogP contribution in [0.15, 0.2) is 59.8 Å². The molecule has 168 valence electrons. The summed E-state index contributed by atoms with van der Waals surface area (Å²) in [6.07, 6.45) is 4.07. The third-order valence-electron chi connectivity index (χ3n) is 5.36. The molecule has 1 unspecified atom stereocenters. The summed E-state index contributed by atoms with van der Waals surface area (Å²) in [7, 11) is 1.71. The van der Waals surface area contributed by atoms with Gasteiger partial charge >= 0.3 is 0 Å². The number of rotatable bonds is 0. The molecule has 3 aromatic heterocycles. The number of aromatic nitrogens is 6. The smallest absolute Gasteiger partial charge is 0.267 e. The Morgan fingerprint density at radius 1 is 1.09 bits per heavy atom. The molecular weight excluding hydrogens is 424 g/mol. The molecule has 33 heavy (non-hydrogen) atoms. The Kier molecular flexibility index (Phi) is 5.32. The number of carbonyl (C=O) groups excluding carboxylic acids is 1. The average Bonchev–Trinajstić information content (AvgIpc) is 3.41. The van der Waals surface area contributed by atoms with Gasteiger partial charge in [0.25, 0.3) is 11.5 Å². The first-order valence-electron chi connectivity index (χ1n) is 10.4. The number of nitrogens with zero attached hydrogens (tertiary/aromatic N) is 6. The molecule has 4 aromatic rings. The molecule has 3 N–H and O–H groups in total. The van der Waals surface area contributed by atoms with E-state index in [-0.39, 0.29) is 18.0 Å². The number of hydrogen-bond donors (Lipinski definition) is 3. The standard InChI is InChI=1S/C22H22N8O3/c1-28-13-18-20(27-28)22(33)23-7-8-29-12-16(10-24-29)17-5-6-19(31)30(26-17)11-14-3-2-4-15(9-14)21(32)25-18/h2-6,9-10,12-13,22-23,33H,7-8,11H2,1H3,(H,25,32). The Labute approximate surface area is 188 Å². The topological polar surface area (TPSA) is 132 Å². The lowest BCUT2D eigenvalue weighted by Crippen LogP contribution is -2.27. The van der Waals surface area contributed by atoms with E-state index in [1.807, 2.05) is 12.3 Å². The highest BCUT2D eigenvalue weighted by Crippen LogP contribution is 2.21. The molecule has 0 saturated heterocycles. The van der Waals surface area contributed by atoms with E-state index in [4.69, 9.17) is 0 Å². The Morgan fingerprint density at radius 2 is 1.97 bits per heavy atom. The van der Waals surface area contributed by atoms with Crippen LogP contribution in [0, 0.1) is 0 Å². The second-order valence-electron chi connectivity index (χ2n) is 7.82. The average molecular weight is 446 g/mol. The monoisotopic (exact) mass is 446 g/mol. The van der Waals surface area contributed by atoms with E-state index in [0.717, 1.165) is 11.1 Å². The Hall–Kier alpha value is -4.09. The van der Waals surface area contributed by atoms with Gasteiger partial charge in [-0.3, -0.25) is 24.3 Å². The largest absolute Gasteiger partial charge is 0.372 e. The molecule has 0 saturated carbocycles. The molecule has 1 aliphatic rings. The van der Waals surface area contributed by atoms with E-state index < -0.39 is 6.23 Å². The lowest BCUT2D eigenvalue weighted by Gasteiger charge is -2.13. The van der Waals surface area contributed by atoms with Gasteiger partial charge in [-0.15, -0.1) is 0 Å². The maximum atomic E-state index is 12.9. The van der Waals surface area contributed by atoms with Crippen LogP contribution in [-0.2, 0) is 20.1 Å². The van der Waals surface area contributed by atoms with Gasteiger partial charge < -0.3 is 10.4 Å². The summed E-state index contributed by atoms with van der Waals surface area (Å²) >= 11 is 0. The molecule has 1 aliphatic heterocycles. The molecule has 6 bridgehead atoms. The number of fused-ring (bicyclic) bond motifs is 8. The van der Waals surface area contributed by atoms with E-state index >= 15 is 0 Å². The summed E-state index contributed by atoms with van der Waals surface area (Å²) in [5.74, 6) is -0.351. The fourth-order valence-corrected chi connectivity index (χ4v) is 3.73. The predicted octanol–water partition coefficient (Wildman–Crippen LogP) is 0.735. The Balaban J connectivity index is 1.56. The van der Waals surface area contributed by atoms with Crippen molar-refractivity contribution >= 4 is 11.6 Å². The number of anilines is 1. The Bertz CT molecular complexity index is 1390. The van der Waals surface area contributed by atoms with E-state index in [1.165, 1.54) is 15.4 Å². The summed E-state index contributed by atoms with van der Waals surface area (Å²) in [4.78, 5) is 25.3. The third-order valence-corrected chi connectivity index (χ3v) is 5.36. The number of aliphatic hydroxyl groups excluding tert-OH is 1. The molecule has 11 nitrogen and oxygen atoms in total. The van der Waals surface area contributed by atoms with Crippen molar-refractivity contribution in [1.29, 1.82) is 0 Å². The van der Waals surface area contributed by atoms with Gasteiger partial charge in [-0.05, 0) is 23.8 Å². The number of nitrogens with one attached hydrogen (secondary N) is 2. The number of aliphatic hydroxyl groups is 1. The van der Waals surface area contributed by atoms with Crippen LogP contribution in [0.4, 0.5) is 5.69 Å². The zero-order valence-corrected chi connectivity index (χ0v) is 17.8. The van der Waals surface area contributed by atoms with Crippen LogP contribution in [-0.4, -0.2) is 46.9 Å². The third kappa shape index (κ3) is 4.31. The lowest BCUT2D eigenvalue weighted by molar-refractivity contribution is 0.102. The van der Waals surface area contributed by atoms with Crippen molar-refractivity contribution < 1.29 is 9.90 Å². The SMILES string of the molecule is Cn1cc2c(n1)C(O)NCCn1cc(cn1)-c1ccc(=O)n(n1)Cc1cccc(c1)C(=O)N2. The van der Waals surface area contributed by atoms with Gasteiger partial charge in [0.1, 0.15) is 5.69 Å². The van der Waals surface area contributed by atoms with Crippen LogP contribution in [0.25, 0.3) is 11.3 Å². The van der Waals surface area contributed by atoms with Crippen LogP contribution < -0.4 is 16.2 Å². The van der Waals surface area contributed by atoms with Crippen molar-refractivity contribution in [1.82, 2.24) is 34.7 Å². The van der Waals surface area contributed by atoms with Crippen LogP contribution in [0.5, 0.6) is 0 Å². The predicted molar refractivity (Wildman–Crippen MR) is 119 cm³/mol. The minimum Gasteiger partial charge on any atom is -0.372 e. The summed E-state index contributed by atoms with van der Waals surface area (Å²) in [6, 6.07) is 10.1. The zero-order valence-electron chi connectivity index (χ0n) is 17.8. The first-order valence-corrected chi connectivity index (χ1v) is 10.4. The van der Waals surface area contributed by atoms with Crippen LogP contribution in [0.2, 0.25) is 0 Å². The molecule has 0 spiro atoms. The normalized spacial score (nSPS) is 16.4. The maximum absolute atomic E-state index is 12.9. The summed E-state index contributed by atoms with van der Waals surface area (Å²) in [5, 5.41) is 29.6. The zero-order chi connectivity index (χ0) is 22.9. The summed E-state index contributed by atoms with van der Waals surface area (Å²) in [5.41, 5.74) is 3.02. The van der Waals surface area contributed by atoms with Crippen molar-refractivity contribution in [3.63, 3.8) is 0 Å². The first kappa shape index (κ1) is 20.8. The van der Waals surface area contributed by atoms with E-state index in [2.05, 4.69) is 25.9 Å². The summed E-state index contributed by atoms with van der Waals surface area (Å²) < 4.78 is 4.61. The molecule has 1 amide bonds. The highest BCUT2D eigenvalue weighted by atomic mass is 16.3. The van der Waals surface area contributed by atoms with Crippen molar-refractivity contribution in [3.8, 4) is 11.3 Å². The minimum absolute atomic E-state index is 0.211. The van der Waals surface area contributed by atoms with Crippen LogP contribution in [0.1, 0.15) is 27.8 Å². The first-order chi connectivity index (χ1) is 16.0. The lowest BCUT2D eigenvalue weighted by atomic mass is 10.1. The van der Waals surface area contributed by atoms with Gasteiger partial charge in [-0.1, -0.05) is 12.1 Å². The molecule has 0 fully saturated rings. The van der Waals surface area contributed by atoms with E-state index in [0.29, 0.717) is 35.7 Å². The van der Waals surface area contributed by atoms with Gasteiger partial charge in [0.15, 0.2) is 6.23 Å². The highest BCUT2D eigenvalue weighted by Gasteiger charge is 2.19. The molecule has 0 radical (unpaired) electrons. The molecule has 1 atom stereocenters. The fraction of sp³-hybridized carbons (Fsp3) is 0.227. The number of aryl methyl sites for hydroxylation is 1. The molecule has 4 heterocycles. The Morgan fingerprint density at radius 3 is 2.85 bits per heavy atom. The molecule has 1 aromatic carbocycles. The second-order valence-corrected chi connectivity index (χ2v) is 7.82. The van der Waals surface area contributed by atoms with Gasteiger partial charge in [0.2, 0.25) is 0 Å². The van der Waals surface area contributed by atoms with Crippen molar-refractivity contribution in [2.45, 2.75) is 19.3 Å². The van der Waals surface area contributed by atoms with Gasteiger partial charge in [0, 0.05) is 43.2 Å². The quantitative estimate of drug-likeness (QED) is 0.363. The molecule has 5 rings (SSSR count). The van der Waals surface area contributed by atoms with Crippen molar-refractivity contribution in [3.05, 3.63) is 82.2 Å². The fourth-order valence-electron chi connectivity index (χ4n) is 3.73. The van der Waals surface area contributed by atoms with Gasteiger partial charge in [-0.2, -0.15) is 15.3 Å². The van der Waals surface area contributed by atoms with E-state index in [9.17, 15) is 14.7 Å². The van der Waals surface area contributed by atoms with Crippen molar-refractivity contribution in [2.75, 3.05) is 11.9 Å². The van der Waals surface area contributed by atoms with Gasteiger partial charge in [-0.25, -0.2) is 4.68 Å². The second kappa shape index (κ2) is 8.45. The molecule has 0 aliphatic carbocycles. The van der Waals surface area contributed by atoms with Crippen molar-refractivity contribution in [2.24, 2.45) is 7.05 Å². The van der Waals surface area contributed by atoms with Crippen LogP contribution in [0.3, 0.4) is 0 Å².